The van der Waals surface area contributed by atoms with Crippen molar-refractivity contribution in [2.45, 2.75) is 6.04 Å². The summed E-state index contributed by atoms with van der Waals surface area (Å²) >= 11 is 0. The Morgan fingerprint density at radius 1 is 1.58 bits per heavy atom. The summed E-state index contributed by atoms with van der Waals surface area (Å²) in [6.45, 7) is 0.891. The van der Waals surface area contributed by atoms with Crippen LogP contribution in [0.1, 0.15) is 17.2 Å². The average Bonchev–Trinajstić information content (AvgIpc) is 2.88. The number of phenolic OH excluding ortho intramolecular Hbond substituents is 1. The van der Waals surface area contributed by atoms with Gasteiger partial charge in [-0.1, -0.05) is 12.1 Å². The summed E-state index contributed by atoms with van der Waals surface area (Å²) < 4.78 is 0. The second-order valence-electron chi connectivity index (χ2n) is 2.82. The van der Waals surface area contributed by atoms with Crippen molar-refractivity contribution in [3.05, 3.63) is 29.3 Å². The molecule has 3 heteroatoms. The minimum Gasteiger partial charge on any atom is -0.506 e. The first-order chi connectivity index (χ1) is 5.83. The van der Waals surface area contributed by atoms with Gasteiger partial charge in [0.2, 0.25) is 0 Å². The van der Waals surface area contributed by atoms with E-state index >= 15 is 0 Å². The summed E-state index contributed by atoms with van der Waals surface area (Å²) in [6, 6.07) is 7.42. The van der Waals surface area contributed by atoms with Crippen LogP contribution < -0.4 is 5.32 Å². The number of benzene rings is 1. The van der Waals surface area contributed by atoms with Gasteiger partial charge in [0.15, 0.2) is 0 Å². The van der Waals surface area contributed by atoms with Crippen LogP contribution in [0, 0.1) is 11.3 Å². The Bertz CT molecular complexity index is 350. The summed E-state index contributed by atoms with van der Waals surface area (Å²) in [4.78, 5) is 0. The van der Waals surface area contributed by atoms with E-state index in [4.69, 9.17) is 5.26 Å². The van der Waals surface area contributed by atoms with Gasteiger partial charge in [-0.3, -0.25) is 0 Å². The highest BCUT2D eigenvalue weighted by molar-refractivity contribution is 5.49. The highest BCUT2D eigenvalue weighted by atomic mass is 16.3. The molecule has 1 aromatic carbocycles. The molecule has 1 saturated heterocycles. The molecule has 60 valence electrons. The maximum Gasteiger partial charge on any atom is 0.138 e. The SMILES string of the molecule is N#Cc1cccc([C@H]2CN2)c1O. The van der Waals surface area contributed by atoms with Crippen LogP contribution in [0.4, 0.5) is 0 Å². The molecule has 0 aliphatic carbocycles. The van der Waals surface area contributed by atoms with Gasteiger partial charge in [0.1, 0.15) is 11.8 Å². The van der Waals surface area contributed by atoms with E-state index in [9.17, 15) is 5.11 Å². The fourth-order valence-corrected chi connectivity index (χ4v) is 1.21. The normalized spacial score (nSPS) is 20.1. The molecule has 0 bridgehead atoms. The van der Waals surface area contributed by atoms with Crippen LogP contribution in [0.5, 0.6) is 5.75 Å². The molecule has 0 unspecified atom stereocenters. The second kappa shape index (κ2) is 2.50. The average molecular weight is 160 g/mol. The van der Waals surface area contributed by atoms with Crippen LogP contribution in [-0.4, -0.2) is 11.7 Å². The van der Waals surface area contributed by atoms with Gasteiger partial charge in [0, 0.05) is 18.2 Å². The zero-order chi connectivity index (χ0) is 8.55. The molecule has 1 aliphatic heterocycles. The molecule has 1 atom stereocenters. The van der Waals surface area contributed by atoms with Gasteiger partial charge in [-0.25, -0.2) is 0 Å². The Kier molecular flexibility index (Phi) is 1.49. The molecule has 2 rings (SSSR count). The predicted molar refractivity (Wildman–Crippen MR) is 43.6 cm³/mol. The zero-order valence-electron chi connectivity index (χ0n) is 6.41. The smallest absolute Gasteiger partial charge is 0.138 e. The summed E-state index contributed by atoms with van der Waals surface area (Å²) in [5.41, 5.74) is 1.18. The lowest BCUT2D eigenvalue weighted by atomic mass is 10.1. The van der Waals surface area contributed by atoms with Crippen molar-refractivity contribution in [1.82, 2.24) is 5.32 Å². The number of nitrogens with one attached hydrogen (secondary N) is 1. The Balaban J connectivity index is 2.49. The van der Waals surface area contributed by atoms with Gasteiger partial charge in [0.05, 0.1) is 5.56 Å². The van der Waals surface area contributed by atoms with E-state index in [1.807, 2.05) is 12.1 Å². The van der Waals surface area contributed by atoms with E-state index in [0.29, 0.717) is 5.56 Å². The van der Waals surface area contributed by atoms with Gasteiger partial charge in [-0.05, 0) is 6.07 Å². The van der Waals surface area contributed by atoms with Crippen molar-refractivity contribution in [2.75, 3.05) is 6.54 Å². The highest BCUT2D eigenvalue weighted by Gasteiger charge is 2.25. The van der Waals surface area contributed by atoms with Crippen molar-refractivity contribution < 1.29 is 5.11 Å². The third-order valence-electron chi connectivity index (χ3n) is 1.97. The first kappa shape index (κ1) is 7.14. The summed E-state index contributed by atoms with van der Waals surface area (Å²) in [6.07, 6.45) is 0. The number of phenols is 1. The lowest BCUT2D eigenvalue weighted by molar-refractivity contribution is 0.466. The molecule has 0 radical (unpaired) electrons. The number of hydrogen-bond donors (Lipinski definition) is 2. The highest BCUT2D eigenvalue weighted by Crippen LogP contribution is 2.31. The van der Waals surface area contributed by atoms with Gasteiger partial charge >= 0.3 is 0 Å². The van der Waals surface area contributed by atoms with Crippen LogP contribution in [0.2, 0.25) is 0 Å². The monoisotopic (exact) mass is 160 g/mol. The van der Waals surface area contributed by atoms with Crippen molar-refractivity contribution in [3.63, 3.8) is 0 Å². The molecule has 12 heavy (non-hydrogen) atoms. The van der Waals surface area contributed by atoms with E-state index in [1.54, 1.807) is 12.1 Å². The van der Waals surface area contributed by atoms with E-state index in [0.717, 1.165) is 12.1 Å². The van der Waals surface area contributed by atoms with Crippen molar-refractivity contribution >= 4 is 0 Å². The molecule has 1 heterocycles. The first-order valence-corrected chi connectivity index (χ1v) is 3.78. The number of aromatic hydroxyl groups is 1. The zero-order valence-corrected chi connectivity index (χ0v) is 6.41. The first-order valence-electron chi connectivity index (χ1n) is 3.78. The predicted octanol–water partition coefficient (Wildman–Crippen LogP) is 0.908. The molecule has 2 N–H and O–H groups in total. The third kappa shape index (κ3) is 1.03. The van der Waals surface area contributed by atoms with Crippen LogP contribution in [0.15, 0.2) is 18.2 Å². The Morgan fingerprint density at radius 2 is 2.33 bits per heavy atom. The Morgan fingerprint density at radius 3 is 2.92 bits per heavy atom. The van der Waals surface area contributed by atoms with Gasteiger partial charge in [-0.15, -0.1) is 0 Å². The molecule has 0 spiro atoms. The maximum absolute atomic E-state index is 9.54. The van der Waals surface area contributed by atoms with E-state index in [-0.39, 0.29) is 11.8 Å². The largest absolute Gasteiger partial charge is 0.506 e. The quantitative estimate of drug-likeness (QED) is 0.600. The van der Waals surface area contributed by atoms with Crippen LogP contribution in [0.3, 0.4) is 0 Å². The van der Waals surface area contributed by atoms with Gasteiger partial charge in [0.25, 0.3) is 0 Å². The fraction of sp³-hybridized carbons (Fsp3) is 0.222. The van der Waals surface area contributed by atoms with Crippen molar-refractivity contribution in [1.29, 1.82) is 5.26 Å². The van der Waals surface area contributed by atoms with Crippen LogP contribution in [-0.2, 0) is 0 Å². The molecular weight excluding hydrogens is 152 g/mol. The maximum atomic E-state index is 9.54. The third-order valence-corrected chi connectivity index (χ3v) is 1.97. The number of rotatable bonds is 1. The standard InChI is InChI=1S/C9H8N2O/c10-4-6-2-1-3-7(9(6)12)8-5-11-8/h1-3,8,11-12H,5H2/t8-/m1/s1. The Hall–Kier alpha value is -1.53. The van der Waals surface area contributed by atoms with E-state index in [2.05, 4.69) is 5.32 Å². The number of hydrogen-bond acceptors (Lipinski definition) is 3. The van der Waals surface area contributed by atoms with Crippen LogP contribution in [0.25, 0.3) is 0 Å². The lowest BCUT2D eigenvalue weighted by Gasteiger charge is -2.01. The molecular formula is C9H8N2O. The molecule has 1 fully saturated rings. The van der Waals surface area contributed by atoms with E-state index in [1.165, 1.54) is 0 Å². The lowest BCUT2D eigenvalue weighted by Crippen LogP contribution is -1.87. The van der Waals surface area contributed by atoms with Crippen molar-refractivity contribution in [3.8, 4) is 11.8 Å². The summed E-state index contributed by atoms with van der Waals surface area (Å²) in [7, 11) is 0. The van der Waals surface area contributed by atoms with E-state index < -0.39 is 0 Å². The minimum atomic E-state index is 0.120. The molecule has 0 saturated carbocycles. The van der Waals surface area contributed by atoms with Crippen molar-refractivity contribution in [2.24, 2.45) is 0 Å². The van der Waals surface area contributed by atoms with Crippen LogP contribution >= 0.6 is 0 Å². The molecule has 1 aromatic rings. The molecule has 0 amide bonds. The number of para-hydroxylation sites is 1. The molecule has 3 nitrogen and oxygen atoms in total. The minimum absolute atomic E-state index is 0.120. The molecule has 1 aliphatic rings. The topological polar surface area (TPSA) is 66.0 Å². The van der Waals surface area contributed by atoms with Gasteiger partial charge < -0.3 is 10.4 Å². The number of nitrogens with zero attached hydrogens (tertiary/aromatic N) is 1. The summed E-state index contributed by atoms with van der Waals surface area (Å²) in [5, 5.41) is 21.2. The fourth-order valence-electron chi connectivity index (χ4n) is 1.21. The number of nitriles is 1. The molecule has 0 aromatic heterocycles. The second-order valence-corrected chi connectivity index (χ2v) is 2.82. The van der Waals surface area contributed by atoms with Gasteiger partial charge in [-0.2, -0.15) is 5.26 Å². The Labute approximate surface area is 70.3 Å². The summed E-state index contributed by atoms with van der Waals surface area (Å²) in [5.74, 6) is 0.120.